The number of methoxy groups -OCH3 is 2. The molecule has 0 unspecified atom stereocenters. The standard InChI is InChI=1S/C23H23NO4S/c1-4-18(23(25)28-3)21(17-11-6-5-7-12-17)24-29(26)22-19-13-9-8-10-16(19)14-15-20(22)27-2/h4-15,21,24H,1-3H3/b18-4-/t21-,29-/m0/s1. The molecule has 3 rings (SSSR count). The van der Waals surface area contributed by atoms with E-state index in [0.29, 0.717) is 16.2 Å². The Labute approximate surface area is 172 Å². The predicted octanol–water partition coefficient (Wildman–Crippen LogP) is 4.32. The highest BCUT2D eigenvalue weighted by Gasteiger charge is 2.26. The third kappa shape index (κ3) is 4.39. The van der Waals surface area contributed by atoms with Gasteiger partial charge in [0.1, 0.15) is 21.6 Å². The molecule has 3 aromatic rings. The van der Waals surface area contributed by atoms with Gasteiger partial charge in [-0.2, -0.15) is 0 Å². The fraction of sp³-hybridized carbons (Fsp3) is 0.174. The van der Waals surface area contributed by atoms with Crippen molar-refractivity contribution in [3.63, 3.8) is 0 Å². The van der Waals surface area contributed by atoms with Crippen molar-refractivity contribution < 1.29 is 18.5 Å². The number of benzene rings is 3. The number of allylic oxidation sites excluding steroid dienone is 1. The minimum atomic E-state index is -1.66. The first-order valence-electron chi connectivity index (χ1n) is 9.13. The molecule has 150 valence electrons. The van der Waals surface area contributed by atoms with Gasteiger partial charge < -0.3 is 9.47 Å². The maximum atomic E-state index is 13.5. The van der Waals surface area contributed by atoms with Gasteiger partial charge in [0.05, 0.1) is 25.8 Å². The smallest absolute Gasteiger partial charge is 0.335 e. The van der Waals surface area contributed by atoms with E-state index in [1.54, 1.807) is 26.2 Å². The van der Waals surface area contributed by atoms with Gasteiger partial charge in [-0.1, -0.05) is 66.7 Å². The lowest BCUT2D eigenvalue weighted by molar-refractivity contribution is -0.136. The molecule has 0 aliphatic heterocycles. The van der Waals surface area contributed by atoms with E-state index in [1.807, 2.05) is 60.7 Å². The summed E-state index contributed by atoms with van der Waals surface area (Å²) in [6.45, 7) is 1.76. The molecule has 0 saturated heterocycles. The first-order valence-corrected chi connectivity index (χ1v) is 10.3. The molecule has 0 aliphatic carbocycles. The fourth-order valence-electron chi connectivity index (χ4n) is 3.22. The highest BCUT2D eigenvalue weighted by molar-refractivity contribution is 7.83. The van der Waals surface area contributed by atoms with Gasteiger partial charge in [0, 0.05) is 5.39 Å². The largest absolute Gasteiger partial charge is 0.495 e. The third-order valence-electron chi connectivity index (χ3n) is 4.65. The molecule has 1 N–H and O–H groups in total. The van der Waals surface area contributed by atoms with E-state index in [1.165, 1.54) is 7.11 Å². The number of nitrogens with one attached hydrogen (secondary N) is 1. The summed E-state index contributed by atoms with van der Waals surface area (Å²) >= 11 is 0. The molecular weight excluding hydrogens is 386 g/mol. The molecule has 0 radical (unpaired) electrons. The number of rotatable bonds is 7. The van der Waals surface area contributed by atoms with Crippen LogP contribution in [0.2, 0.25) is 0 Å². The molecular formula is C23H23NO4S. The van der Waals surface area contributed by atoms with Crippen molar-refractivity contribution in [3.05, 3.63) is 83.9 Å². The van der Waals surface area contributed by atoms with E-state index in [0.717, 1.165) is 16.3 Å². The van der Waals surface area contributed by atoms with Crippen LogP contribution in [0.4, 0.5) is 0 Å². The molecule has 0 fully saturated rings. The van der Waals surface area contributed by atoms with Crippen LogP contribution in [0.1, 0.15) is 18.5 Å². The summed E-state index contributed by atoms with van der Waals surface area (Å²) in [4.78, 5) is 12.9. The summed E-state index contributed by atoms with van der Waals surface area (Å²) < 4.78 is 27.0. The van der Waals surface area contributed by atoms with Crippen LogP contribution in [-0.2, 0) is 20.5 Å². The van der Waals surface area contributed by atoms with E-state index >= 15 is 0 Å². The van der Waals surface area contributed by atoms with Crippen molar-refractivity contribution in [1.29, 1.82) is 0 Å². The first-order chi connectivity index (χ1) is 14.1. The molecule has 2 atom stereocenters. The maximum absolute atomic E-state index is 13.5. The van der Waals surface area contributed by atoms with E-state index < -0.39 is 23.0 Å². The average Bonchev–Trinajstić information content (AvgIpc) is 2.78. The van der Waals surface area contributed by atoms with Gasteiger partial charge in [-0.05, 0) is 23.9 Å². The Hall–Kier alpha value is -2.96. The minimum absolute atomic E-state index is 0.381. The second-order valence-corrected chi connectivity index (χ2v) is 7.47. The molecule has 0 amide bonds. The molecule has 0 heterocycles. The molecule has 0 aliphatic rings. The quantitative estimate of drug-likeness (QED) is 0.466. The maximum Gasteiger partial charge on any atom is 0.335 e. The van der Waals surface area contributed by atoms with Crippen LogP contribution in [-0.4, -0.2) is 24.4 Å². The molecule has 0 saturated carbocycles. The second kappa shape index (κ2) is 9.49. The van der Waals surface area contributed by atoms with E-state index in [4.69, 9.17) is 9.47 Å². The number of fused-ring (bicyclic) bond motifs is 1. The van der Waals surface area contributed by atoms with Crippen molar-refractivity contribution in [3.8, 4) is 5.75 Å². The lowest BCUT2D eigenvalue weighted by Crippen LogP contribution is -2.29. The van der Waals surface area contributed by atoms with Gasteiger partial charge in [0.2, 0.25) is 0 Å². The Bertz CT molecular complexity index is 1060. The van der Waals surface area contributed by atoms with Gasteiger partial charge >= 0.3 is 5.97 Å². The monoisotopic (exact) mass is 409 g/mol. The molecule has 0 spiro atoms. The van der Waals surface area contributed by atoms with Gasteiger partial charge in [-0.15, -0.1) is 0 Å². The summed E-state index contributed by atoms with van der Waals surface area (Å²) in [5, 5.41) is 1.78. The number of hydrogen-bond acceptors (Lipinski definition) is 4. The highest BCUT2D eigenvalue weighted by atomic mass is 32.2. The normalized spacial score (nSPS) is 13.7. The molecule has 6 heteroatoms. The highest BCUT2D eigenvalue weighted by Crippen LogP contribution is 2.32. The number of esters is 1. The van der Waals surface area contributed by atoms with Crippen molar-refractivity contribution in [2.75, 3.05) is 14.2 Å². The van der Waals surface area contributed by atoms with Crippen LogP contribution in [0.5, 0.6) is 5.75 Å². The zero-order valence-corrected chi connectivity index (χ0v) is 17.4. The number of carbonyl (C=O) groups excluding carboxylic acids is 1. The van der Waals surface area contributed by atoms with Crippen LogP contribution in [0.15, 0.2) is 83.3 Å². The van der Waals surface area contributed by atoms with Gasteiger partial charge in [-0.3, -0.25) is 0 Å². The van der Waals surface area contributed by atoms with Crippen LogP contribution in [0, 0.1) is 0 Å². The summed E-state index contributed by atoms with van der Waals surface area (Å²) in [6, 6.07) is 20.2. The second-order valence-electron chi connectivity index (χ2n) is 6.28. The topological polar surface area (TPSA) is 64.6 Å². The van der Waals surface area contributed by atoms with Crippen molar-refractivity contribution in [2.24, 2.45) is 0 Å². The van der Waals surface area contributed by atoms with Crippen molar-refractivity contribution in [2.45, 2.75) is 17.9 Å². The Morgan fingerprint density at radius 2 is 1.69 bits per heavy atom. The summed E-state index contributed by atoms with van der Waals surface area (Å²) in [5.41, 5.74) is 1.19. The van der Waals surface area contributed by atoms with Crippen LogP contribution in [0.25, 0.3) is 10.8 Å². The average molecular weight is 410 g/mol. The Kier molecular flexibility index (Phi) is 6.80. The minimum Gasteiger partial charge on any atom is -0.495 e. The SMILES string of the molecule is C/C=C(\C(=O)OC)[C@@H](N[S@@](=O)c1c(OC)ccc2ccccc12)c1ccccc1. The van der Waals surface area contributed by atoms with Gasteiger partial charge in [-0.25, -0.2) is 13.7 Å². The van der Waals surface area contributed by atoms with Crippen LogP contribution in [0.3, 0.4) is 0 Å². The number of ether oxygens (including phenoxy) is 2. The third-order valence-corrected chi connectivity index (χ3v) is 5.89. The first kappa shape index (κ1) is 20.8. The van der Waals surface area contributed by atoms with Crippen molar-refractivity contribution in [1.82, 2.24) is 4.72 Å². The molecule has 0 aromatic heterocycles. The Morgan fingerprint density at radius 1 is 1.00 bits per heavy atom. The van der Waals surface area contributed by atoms with Crippen molar-refractivity contribution >= 4 is 27.7 Å². The Balaban J connectivity index is 2.08. The molecule has 5 nitrogen and oxygen atoms in total. The zero-order valence-electron chi connectivity index (χ0n) is 16.5. The lowest BCUT2D eigenvalue weighted by atomic mass is 9.99. The van der Waals surface area contributed by atoms with E-state index in [9.17, 15) is 9.00 Å². The van der Waals surface area contributed by atoms with Crippen LogP contribution >= 0.6 is 0 Å². The number of carbonyl (C=O) groups is 1. The van der Waals surface area contributed by atoms with E-state index in [-0.39, 0.29) is 0 Å². The van der Waals surface area contributed by atoms with Crippen LogP contribution < -0.4 is 9.46 Å². The lowest BCUT2D eigenvalue weighted by Gasteiger charge is -2.21. The predicted molar refractivity (Wildman–Crippen MR) is 115 cm³/mol. The van der Waals surface area contributed by atoms with E-state index in [2.05, 4.69) is 4.72 Å². The summed E-state index contributed by atoms with van der Waals surface area (Å²) in [7, 11) is 1.21. The molecule has 3 aromatic carbocycles. The number of hydrogen-bond donors (Lipinski definition) is 1. The Morgan fingerprint density at radius 3 is 2.34 bits per heavy atom. The van der Waals surface area contributed by atoms with Gasteiger partial charge in [0.25, 0.3) is 0 Å². The molecule has 29 heavy (non-hydrogen) atoms. The summed E-state index contributed by atoms with van der Waals surface area (Å²) in [5.74, 6) is 0.0391. The van der Waals surface area contributed by atoms with Gasteiger partial charge in [0.15, 0.2) is 0 Å². The zero-order chi connectivity index (χ0) is 20.8. The fourth-order valence-corrected chi connectivity index (χ4v) is 4.53. The summed E-state index contributed by atoms with van der Waals surface area (Å²) in [6.07, 6.45) is 1.67. The molecule has 0 bridgehead atoms.